The summed E-state index contributed by atoms with van der Waals surface area (Å²) in [5.41, 5.74) is -4.05. The molecular formula is C33H23BrF7N3O3. The van der Waals surface area contributed by atoms with Gasteiger partial charge < -0.3 is 15.5 Å². The van der Waals surface area contributed by atoms with E-state index in [1.54, 1.807) is 24.3 Å². The van der Waals surface area contributed by atoms with Gasteiger partial charge in [-0.2, -0.15) is 26.3 Å². The molecule has 0 saturated heterocycles. The Kier molecular flexibility index (Phi) is 8.93. The molecule has 1 heterocycles. The van der Waals surface area contributed by atoms with Gasteiger partial charge in [-0.15, -0.1) is 0 Å². The van der Waals surface area contributed by atoms with Crippen LogP contribution in [0.15, 0.2) is 88.5 Å². The van der Waals surface area contributed by atoms with Crippen molar-refractivity contribution >= 4 is 44.8 Å². The molecule has 4 aromatic carbocycles. The molecule has 1 atom stereocenters. The second-order valence-electron chi connectivity index (χ2n) is 10.8. The van der Waals surface area contributed by atoms with E-state index in [-0.39, 0.29) is 28.2 Å². The Balaban J connectivity index is 1.36. The van der Waals surface area contributed by atoms with Crippen LogP contribution in [0.25, 0.3) is 0 Å². The molecule has 0 bridgehead atoms. The van der Waals surface area contributed by atoms with Gasteiger partial charge >= 0.3 is 12.4 Å². The monoisotopic (exact) mass is 721 g/mol. The number of nitrogens with one attached hydrogen (secondary N) is 2. The first-order valence-corrected chi connectivity index (χ1v) is 14.6. The highest BCUT2D eigenvalue weighted by atomic mass is 79.9. The lowest BCUT2D eigenvalue weighted by Crippen LogP contribution is -2.42. The van der Waals surface area contributed by atoms with Gasteiger partial charge in [0.1, 0.15) is 5.82 Å². The molecule has 6 nitrogen and oxygen atoms in total. The zero-order valence-corrected chi connectivity index (χ0v) is 26.0. The molecule has 14 heteroatoms. The van der Waals surface area contributed by atoms with Crippen LogP contribution in [0.4, 0.5) is 42.1 Å². The third-order valence-corrected chi connectivity index (χ3v) is 8.06. The predicted octanol–water partition coefficient (Wildman–Crippen LogP) is 9.31. The summed E-state index contributed by atoms with van der Waals surface area (Å²) in [6, 6.07) is 16.7. The lowest BCUT2D eigenvalue weighted by atomic mass is 9.84. The van der Waals surface area contributed by atoms with Crippen LogP contribution in [0, 0.1) is 19.7 Å². The Morgan fingerprint density at radius 2 is 1.49 bits per heavy atom. The van der Waals surface area contributed by atoms with E-state index in [4.69, 9.17) is 4.84 Å². The third-order valence-electron chi connectivity index (χ3n) is 7.53. The van der Waals surface area contributed by atoms with Gasteiger partial charge in [-0.25, -0.2) is 4.39 Å². The number of carbonyl (C=O) groups excluding carboxylic acids is 2. The molecule has 1 aliphatic heterocycles. The maximum atomic E-state index is 14.6. The largest absolute Gasteiger partial charge is 0.435 e. The normalized spacial score (nSPS) is 16.3. The van der Waals surface area contributed by atoms with E-state index in [1.165, 1.54) is 50.2 Å². The highest BCUT2D eigenvalue weighted by molar-refractivity contribution is 9.10. The number of rotatable bonds is 6. The molecule has 4 aromatic rings. The Labute approximate surface area is 271 Å². The van der Waals surface area contributed by atoms with E-state index in [1.807, 2.05) is 0 Å². The molecule has 0 radical (unpaired) electrons. The number of anilines is 2. The van der Waals surface area contributed by atoms with Gasteiger partial charge in [0.2, 0.25) is 0 Å². The first-order chi connectivity index (χ1) is 22.0. The Hall–Kier alpha value is -4.72. The minimum Gasteiger partial charge on any atom is -0.374 e. The van der Waals surface area contributed by atoms with Crippen LogP contribution >= 0.6 is 15.9 Å². The van der Waals surface area contributed by atoms with Gasteiger partial charge in [-0.05, 0) is 85.1 Å². The summed E-state index contributed by atoms with van der Waals surface area (Å²) in [5, 5.41) is 8.71. The van der Waals surface area contributed by atoms with E-state index in [9.17, 15) is 40.3 Å². The highest BCUT2D eigenvalue weighted by Crippen LogP contribution is 2.49. The number of aryl methyl sites for hydroxylation is 2. The number of amides is 2. The summed E-state index contributed by atoms with van der Waals surface area (Å²) in [6.45, 7) is 3.03. The van der Waals surface area contributed by atoms with Crippen molar-refractivity contribution in [3.05, 3.63) is 128 Å². The molecule has 47 heavy (non-hydrogen) atoms. The van der Waals surface area contributed by atoms with Crippen molar-refractivity contribution in [3.63, 3.8) is 0 Å². The van der Waals surface area contributed by atoms with Crippen LogP contribution in [0.5, 0.6) is 0 Å². The minimum absolute atomic E-state index is 0.00591. The van der Waals surface area contributed by atoms with E-state index in [0.717, 1.165) is 16.6 Å². The van der Waals surface area contributed by atoms with E-state index in [0.29, 0.717) is 22.8 Å². The number of carbonyl (C=O) groups is 2. The van der Waals surface area contributed by atoms with Crippen molar-refractivity contribution in [1.29, 1.82) is 0 Å². The number of hydrogen-bond donors (Lipinski definition) is 2. The average Bonchev–Trinajstić information content (AvgIpc) is 3.46. The SMILES string of the molecule is Cc1cc(C2(C(F)(F)F)CC(c3ccc(Br)cc3)=NO2)cc(C)c1NC(=O)c1cccc(NC(=O)c2cccc(C(F)(F)F)c2F)c1. The number of oxime groups is 1. The zero-order valence-electron chi connectivity index (χ0n) is 24.4. The molecule has 1 aliphatic rings. The molecule has 0 aromatic heterocycles. The number of nitrogens with zero attached hydrogens (tertiary/aromatic N) is 1. The summed E-state index contributed by atoms with van der Waals surface area (Å²) in [5.74, 6) is -3.62. The van der Waals surface area contributed by atoms with Crippen molar-refractivity contribution < 1.29 is 45.2 Å². The Morgan fingerprint density at radius 1 is 0.851 bits per heavy atom. The van der Waals surface area contributed by atoms with Crippen LogP contribution < -0.4 is 10.6 Å². The Bertz CT molecular complexity index is 1880. The lowest BCUT2D eigenvalue weighted by molar-refractivity contribution is -0.275. The maximum Gasteiger partial charge on any atom is 0.435 e. The van der Waals surface area contributed by atoms with Gasteiger partial charge in [0.25, 0.3) is 17.4 Å². The molecule has 1 unspecified atom stereocenters. The smallest absolute Gasteiger partial charge is 0.374 e. The number of halogens is 8. The molecule has 0 fully saturated rings. The average molecular weight is 722 g/mol. The summed E-state index contributed by atoms with van der Waals surface area (Å²) < 4.78 is 98.2. The molecule has 0 aliphatic carbocycles. The van der Waals surface area contributed by atoms with Gasteiger partial charge in [0, 0.05) is 33.4 Å². The lowest BCUT2D eigenvalue weighted by Gasteiger charge is -2.30. The van der Waals surface area contributed by atoms with Crippen LogP contribution in [0.2, 0.25) is 0 Å². The number of hydrogen-bond acceptors (Lipinski definition) is 4. The van der Waals surface area contributed by atoms with E-state index >= 15 is 0 Å². The van der Waals surface area contributed by atoms with Crippen LogP contribution in [-0.4, -0.2) is 23.7 Å². The first kappa shape index (κ1) is 33.6. The fourth-order valence-electron chi connectivity index (χ4n) is 5.14. The summed E-state index contributed by atoms with van der Waals surface area (Å²) in [4.78, 5) is 30.9. The quantitative estimate of drug-likeness (QED) is 0.195. The molecule has 0 spiro atoms. The van der Waals surface area contributed by atoms with Crippen molar-refractivity contribution in [2.45, 2.75) is 38.2 Å². The second-order valence-corrected chi connectivity index (χ2v) is 11.7. The number of benzene rings is 4. The fraction of sp³-hybridized carbons (Fsp3) is 0.182. The van der Waals surface area contributed by atoms with Gasteiger partial charge in [0.05, 0.1) is 16.8 Å². The summed E-state index contributed by atoms with van der Waals surface area (Å²) in [7, 11) is 0. The second kappa shape index (κ2) is 12.5. The summed E-state index contributed by atoms with van der Waals surface area (Å²) >= 11 is 3.29. The number of alkyl halides is 6. The minimum atomic E-state index is -5.01. The van der Waals surface area contributed by atoms with E-state index in [2.05, 4.69) is 31.7 Å². The van der Waals surface area contributed by atoms with Crippen molar-refractivity contribution in [1.82, 2.24) is 0 Å². The van der Waals surface area contributed by atoms with Crippen molar-refractivity contribution in [2.24, 2.45) is 5.16 Å². The molecule has 5 rings (SSSR count). The van der Waals surface area contributed by atoms with Crippen LogP contribution in [0.3, 0.4) is 0 Å². The van der Waals surface area contributed by atoms with Gasteiger partial charge in [-0.1, -0.05) is 45.4 Å². The van der Waals surface area contributed by atoms with Crippen LogP contribution in [0.1, 0.15) is 55.0 Å². The predicted molar refractivity (Wildman–Crippen MR) is 164 cm³/mol. The topological polar surface area (TPSA) is 79.8 Å². The van der Waals surface area contributed by atoms with Crippen molar-refractivity contribution in [3.8, 4) is 0 Å². The molecule has 0 saturated carbocycles. The third kappa shape index (κ3) is 6.73. The van der Waals surface area contributed by atoms with E-state index < -0.39 is 53.1 Å². The highest BCUT2D eigenvalue weighted by Gasteiger charge is 2.62. The molecule has 2 amide bonds. The van der Waals surface area contributed by atoms with Gasteiger partial charge in [-0.3, -0.25) is 9.59 Å². The maximum absolute atomic E-state index is 14.6. The molecular weight excluding hydrogens is 699 g/mol. The van der Waals surface area contributed by atoms with Crippen molar-refractivity contribution in [2.75, 3.05) is 10.6 Å². The van der Waals surface area contributed by atoms with Crippen LogP contribution in [-0.2, 0) is 16.6 Å². The van der Waals surface area contributed by atoms with Gasteiger partial charge in [0.15, 0.2) is 0 Å². The first-order valence-electron chi connectivity index (χ1n) is 13.8. The standard InChI is InChI=1S/C33H23BrF7N3O3/c1-17-13-21(31(33(39,40)41)16-26(44-47-31)19-9-11-22(34)12-10-19)14-18(2)28(17)43-29(45)20-5-3-6-23(15-20)42-30(46)24-7-4-8-25(27(24)35)32(36,37)38/h3-15H,16H2,1-2H3,(H,42,46)(H,43,45). The Morgan fingerprint density at radius 3 is 2.11 bits per heavy atom. The molecule has 2 N–H and O–H groups in total. The summed E-state index contributed by atoms with van der Waals surface area (Å²) in [6.07, 6.45) is -10.4. The zero-order chi connectivity index (χ0) is 34.3. The molecule has 244 valence electrons. The fourth-order valence-corrected chi connectivity index (χ4v) is 5.41.